The number of rotatable bonds is 9. The van der Waals surface area contributed by atoms with E-state index in [0.29, 0.717) is 0 Å². The van der Waals surface area contributed by atoms with Crippen LogP contribution < -0.4 is 4.74 Å². The molecule has 1 N–H and O–H groups in total. The van der Waals surface area contributed by atoms with Crippen molar-refractivity contribution in [2.45, 2.75) is 39.0 Å². The lowest BCUT2D eigenvalue weighted by Crippen LogP contribution is -2.33. The standard InChI is InChI=1S/C30H35NO2/c1-2-25(23-24-9-5-3-6-10-24)30(26-11-15-28(32)16-12-26)27-13-17-29(18-14-27)33-22-21-31-19-7-4-8-20-31/h3,5-6,9-18,32H,2,4,7-8,19-23H2,1H3/b30-25+. The van der Waals surface area contributed by atoms with E-state index in [1.165, 1.54) is 54.6 Å². The number of ether oxygens (including phenoxy) is 1. The second kappa shape index (κ2) is 11.7. The van der Waals surface area contributed by atoms with Crippen molar-refractivity contribution in [1.29, 1.82) is 0 Å². The minimum absolute atomic E-state index is 0.289. The number of phenols is 1. The van der Waals surface area contributed by atoms with Crippen molar-refractivity contribution in [3.63, 3.8) is 0 Å². The van der Waals surface area contributed by atoms with Gasteiger partial charge in [0.05, 0.1) is 0 Å². The maximum Gasteiger partial charge on any atom is 0.119 e. The van der Waals surface area contributed by atoms with E-state index in [-0.39, 0.29) is 5.75 Å². The summed E-state index contributed by atoms with van der Waals surface area (Å²) in [7, 11) is 0. The molecule has 0 saturated carbocycles. The zero-order valence-corrected chi connectivity index (χ0v) is 19.7. The molecule has 1 fully saturated rings. The lowest BCUT2D eigenvalue weighted by Gasteiger charge is -2.26. The largest absolute Gasteiger partial charge is 0.508 e. The number of hydrogen-bond acceptors (Lipinski definition) is 3. The number of piperidine rings is 1. The average Bonchev–Trinajstić information content (AvgIpc) is 2.87. The molecule has 0 amide bonds. The third kappa shape index (κ3) is 6.49. The molecule has 1 aliphatic heterocycles. The van der Waals surface area contributed by atoms with Crippen LogP contribution in [0.4, 0.5) is 0 Å². The van der Waals surface area contributed by atoms with Crippen molar-refractivity contribution in [2.75, 3.05) is 26.2 Å². The first-order valence-electron chi connectivity index (χ1n) is 12.2. The summed E-state index contributed by atoms with van der Waals surface area (Å²) >= 11 is 0. The topological polar surface area (TPSA) is 32.7 Å². The first kappa shape index (κ1) is 23.1. The highest BCUT2D eigenvalue weighted by atomic mass is 16.5. The fourth-order valence-corrected chi connectivity index (χ4v) is 4.63. The number of allylic oxidation sites excluding steroid dienone is 1. The van der Waals surface area contributed by atoms with Gasteiger partial charge in [-0.15, -0.1) is 0 Å². The molecule has 1 aliphatic rings. The second-order valence-corrected chi connectivity index (χ2v) is 8.82. The van der Waals surface area contributed by atoms with Crippen molar-refractivity contribution < 1.29 is 9.84 Å². The molecule has 3 nitrogen and oxygen atoms in total. The molecule has 0 spiro atoms. The van der Waals surface area contributed by atoms with Crippen molar-refractivity contribution in [3.8, 4) is 11.5 Å². The lowest BCUT2D eigenvalue weighted by molar-refractivity contribution is 0.183. The summed E-state index contributed by atoms with van der Waals surface area (Å²) in [6.07, 6.45) is 5.84. The van der Waals surface area contributed by atoms with Gasteiger partial charge in [0, 0.05) is 6.54 Å². The molecule has 0 bridgehead atoms. The van der Waals surface area contributed by atoms with Gasteiger partial charge in [0.25, 0.3) is 0 Å². The Balaban J connectivity index is 1.55. The Bertz CT molecular complexity index is 1020. The molecule has 0 aliphatic carbocycles. The second-order valence-electron chi connectivity index (χ2n) is 8.82. The van der Waals surface area contributed by atoms with E-state index in [0.717, 1.165) is 37.3 Å². The number of likely N-dealkylation sites (tertiary alicyclic amines) is 1. The molecule has 1 saturated heterocycles. The van der Waals surface area contributed by atoms with E-state index < -0.39 is 0 Å². The van der Waals surface area contributed by atoms with Gasteiger partial charge < -0.3 is 9.84 Å². The molecule has 172 valence electrons. The van der Waals surface area contributed by atoms with E-state index in [2.05, 4.69) is 66.4 Å². The number of hydrogen-bond donors (Lipinski definition) is 1. The summed E-state index contributed by atoms with van der Waals surface area (Å²) in [5.41, 5.74) is 6.23. The van der Waals surface area contributed by atoms with Crippen LogP contribution in [0.25, 0.3) is 5.57 Å². The molecule has 3 aromatic carbocycles. The zero-order valence-electron chi connectivity index (χ0n) is 19.7. The zero-order chi connectivity index (χ0) is 22.9. The average molecular weight is 442 g/mol. The van der Waals surface area contributed by atoms with Gasteiger partial charge in [-0.05, 0) is 85.3 Å². The fraction of sp³-hybridized carbons (Fsp3) is 0.333. The van der Waals surface area contributed by atoms with Gasteiger partial charge >= 0.3 is 0 Å². The first-order valence-corrected chi connectivity index (χ1v) is 12.2. The van der Waals surface area contributed by atoms with Gasteiger partial charge in [-0.1, -0.05) is 73.5 Å². The summed E-state index contributed by atoms with van der Waals surface area (Å²) in [5.74, 6) is 1.21. The number of benzene rings is 3. The normalized spacial score (nSPS) is 15.2. The molecular weight excluding hydrogens is 406 g/mol. The van der Waals surface area contributed by atoms with E-state index in [4.69, 9.17) is 4.74 Å². The van der Waals surface area contributed by atoms with E-state index >= 15 is 0 Å². The van der Waals surface area contributed by atoms with E-state index in [1.54, 1.807) is 12.1 Å². The minimum Gasteiger partial charge on any atom is -0.508 e. The third-order valence-corrected chi connectivity index (χ3v) is 6.46. The molecule has 4 rings (SSSR count). The molecule has 1 heterocycles. The first-order chi connectivity index (χ1) is 16.2. The van der Waals surface area contributed by atoms with Crippen LogP contribution >= 0.6 is 0 Å². The Kier molecular flexibility index (Phi) is 8.21. The maximum atomic E-state index is 9.82. The van der Waals surface area contributed by atoms with Gasteiger partial charge in [0.2, 0.25) is 0 Å². The summed E-state index contributed by atoms with van der Waals surface area (Å²) in [4.78, 5) is 2.50. The Morgan fingerprint density at radius 1 is 0.818 bits per heavy atom. The maximum absolute atomic E-state index is 9.82. The molecule has 3 heteroatoms. The quantitative estimate of drug-likeness (QED) is 0.400. The van der Waals surface area contributed by atoms with E-state index in [1.807, 2.05) is 12.1 Å². The van der Waals surface area contributed by atoms with Gasteiger partial charge in [-0.2, -0.15) is 0 Å². The van der Waals surface area contributed by atoms with Crippen LogP contribution in [0.15, 0.2) is 84.4 Å². The van der Waals surface area contributed by atoms with Crippen LogP contribution in [0.1, 0.15) is 49.3 Å². The molecule has 0 aromatic heterocycles. The highest BCUT2D eigenvalue weighted by Gasteiger charge is 2.13. The third-order valence-electron chi connectivity index (χ3n) is 6.46. The van der Waals surface area contributed by atoms with Crippen LogP contribution in [0.5, 0.6) is 11.5 Å². The van der Waals surface area contributed by atoms with Crippen LogP contribution in [-0.2, 0) is 6.42 Å². The molecule has 33 heavy (non-hydrogen) atoms. The summed E-state index contributed by atoms with van der Waals surface area (Å²) < 4.78 is 6.06. The Labute approximate surface area is 198 Å². The van der Waals surface area contributed by atoms with E-state index in [9.17, 15) is 5.11 Å². The van der Waals surface area contributed by atoms with Crippen molar-refractivity contribution in [1.82, 2.24) is 4.90 Å². The van der Waals surface area contributed by atoms with Gasteiger partial charge in [0.1, 0.15) is 18.1 Å². The van der Waals surface area contributed by atoms with Crippen molar-refractivity contribution >= 4 is 5.57 Å². The SMILES string of the molecule is CC/C(Cc1ccccc1)=C(/c1ccc(O)cc1)c1ccc(OCCN2CCCCC2)cc1. The van der Waals surface area contributed by atoms with Crippen LogP contribution in [-0.4, -0.2) is 36.2 Å². The number of nitrogens with zero attached hydrogens (tertiary/aromatic N) is 1. The Morgan fingerprint density at radius 2 is 1.45 bits per heavy atom. The molecular formula is C30H35NO2. The highest BCUT2D eigenvalue weighted by Crippen LogP contribution is 2.32. The van der Waals surface area contributed by atoms with Crippen LogP contribution in [0.3, 0.4) is 0 Å². The predicted molar refractivity (Wildman–Crippen MR) is 137 cm³/mol. The summed E-state index contributed by atoms with van der Waals surface area (Å²) in [5, 5.41) is 9.82. The van der Waals surface area contributed by atoms with Crippen molar-refractivity contribution in [3.05, 3.63) is 101 Å². The van der Waals surface area contributed by atoms with Gasteiger partial charge in [0.15, 0.2) is 0 Å². The number of aromatic hydroxyl groups is 1. The smallest absolute Gasteiger partial charge is 0.119 e. The van der Waals surface area contributed by atoms with Crippen LogP contribution in [0.2, 0.25) is 0 Å². The highest BCUT2D eigenvalue weighted by molar-refractivity contribution is 5.82. The van der Waals surface area contributed by atoms with Crippen LogP contribution in [0, 0.1) is 0 Å². The summed E-state index contributed by atoms with van der Waals surface area (Å²) in [6.45, 7) is 6.34. The molecule has 3 aromatic rings. The fourth-order valence-electron chi connectivity index (χ4n) is 4.63. The molecule has 0 radical (unpaired) electrons. The Morgan fingerprint density at radius 3 is 2.09 bits per heavy atom. The predicted octanol–water partition coefficient (Wildman–Crippen LogP) is 6.71. The summed E-state index contributed by atoms with van der Waals surface area (Å²) in [6, 6.07) is 26.7. The van der Waals surface area contributed by atoms with Crippen molar-refractivity contribution in [2.24, 2.45) is 0 Å². The monoisotopic (exact) mass is 441 g/mol. The van der Waals surface area contributed by atoms with Gasteiger partial charge in [-0.3, -0.25) is 4.90 Å². The lowest BCUT2D eigenvalue weighted by atomic mass is 9.88. The minimum atomic E-state index is 0.289. The number of phenolic OH excluding ortho intramolecular Hbond substituents is 1. The molecule has 0 atom stereocenters. The van der Waals surface area contributed by atoms with Gasteiger partial charge in [-0.25, -0.2) is 0 Å². The molecule has 0 unspecified atom stereocenters. The Hall–Kier alpha value is -3.04.